The van der Waals surface area contributed by atoms with Gasteiger partial charge in [-0.25, -0.2) is 4.79 Å². The third-order valence-electron chi connectivity index (χ3n) is 3.34. The molecule has 78 valence electrons. The topological polar surface area (TPSA) is 49.3 Å². The highest BCUT2D eigenvalue weighted by molar-refractivity contribution is 5.86. The van der Waals surface area contributed by atoms with Crippen LogP contribution in [0.25, 0.3) is 0 Å². The Labute approximate surface area is 84.2 Å². The lowest BCUT2D eigenvalue weighted by Gasteiger charge is -2.26. The first kappa shape index (κ1) is 9.71. The van der Waals surface area contributed by atoms with Crippen molar-refractivity contribution in [3.8, 4) is 0 Å². The van der Waals surface area contributed by atoms with Crippen LogP contribution >= 0.6 is 0 Å². The smallest absolute Gasteiger partial charge is 0.331 e. The van der Waals surface area contributed by atoms with Gasteiger partial charge >= 0.3 is 5.97 Å². The molecule has 1 fully saturated rings. The summed E-state index contributed by atoms with van der Waals surface area (Å²) in [6.45, 7) is 0.819. The molecule has 0 saturated heterocycles. The quantitative estimate of drug-likeness (QED) is 0.703. The van der Waals surface area contributed by atoms with Crippen LogP contribution in [0.15, 0.2) is 11.6 Å². The minimum Gasteiger partial charge on any atom is -0.478 e. The van der Waals surface area contributed by atoms with Crippen LogP contribution in [0.5, 0.6) is 0 Å². The summed E-state index contributed by atoms with van der Waals surface area (Å²) in [6, 6.07) is 0.317. The first-order valence-electron chi connectivity index (χ1n) is 5.45. The zero-order chi connectivity index (χ0) is 9.97. The lowest BCUT2D eigenvalue weighted by molar-refractivity contribution is -0.132. The summed E-state index contributed by atoms with van der Waals surface area (Å²) < 4.78 is 0. The van der Waals surface area contributed by atoms with E-state index in [1.807, 2.05) is 6.08 Å². The summed E-state index contributed by atoms with van der Waals surface area (Å²) >= 11 is 0. The summed E-state index contributed by atoms with van der Waals surface area (Å²) in [5.41, 5.74) is 0.598. The van der Waals surface area contributed by atoms with Crippen LogP contribution in [-0.4, -0.2) is 23.7 Å². The summed E-state index contributed by atoms with van der Waals surface area (Å²) in [7, 11) is 0. The fourth-order valence-electron chi connectivity index (χ4n) is 2.53. The minimum atomic E-state index is -0.741. The molecule has 0 aromatic carbocycles. The van der Waals surface area contributed by atoms with Crippen LogP contribution in [0.1, 0.15) is 32.1 Å². The van der Waals surface area contributed by atoms with Gasteiger partial charge in [-0.2, -0.15) is 0 Å². The molecule has 3 heteroatoms. The Kier molecular flexibility index (Phi) is 2.87. The molecule has 0 radical (unpaired) electrons. The van der Waals surface area contributed by atoms with Crippen molar-refractivity contribution in [2.45, 2.75) is 38.1 Å². The van der Waals surface area contributed by atoms with Crippen molar-refractivity contribution in [1.29, 1.82) is 0 Å². The molecule has 3 nitrogen and oxygen atoms in total. The second-order valence-electron chi connectivity index (χ2n) is 4.27. The Morgan fingerprint density at radius 2 is 2.14 bits per heavy atom. The van der Waals surface area contributed by atoms with E-state index in [0.717, 1.165) is 6.54 Å². The van der Waals surface area contributed by atoms with Gasteiger partial charge in [-0.3, -0.25) is 0 Å². The van der Waals surface area contributed by atoms with Crippen LogP contribution < -0.4 is 5.32 Å². The lowest BCUT2D eigenvalue weighted by atomic mass is 9.92. The SMILES string of the molecule is O=C(O)C1=CC(C2CCCC2)NCC1. The van der Waals surface area contributed by atoms with Crippen molar-refractivity contribution in [3.05, 3.63) is 11.6 Å². The molecule has 1 unspecified atom stereocenters. The number of aliphatic carboxylic acids is 1. The Morgan fingerprint density at radius 3 is 2.79 bits per heavy atom. The van der Waals surface area contributed by atoms with Gasteiger partial charge in [-0.05, 0) is 31.7 Å². The molecule has 2 N–H and O–H groups in total. The number of carboxylic acids is 1. The molecule has 1 atom stereocenters. The first-order valence-corrected chi connectivity index (χ1v) is 5.45. The summed E-state index contributed by atoms with van der Waals surface area (Å²) in [5, 5.41) is 12.3. The van der Waals surface area contributed by atoms with E-state index in [-0.39, 0.29) is 0 Å². The average Bonchev–Trinajstić information content (AvgIpc) is 2.71. The largest absolute Gasteiger partial charge is 0.478 e. The van der Waals surface area contributed by atoms with Crippen LogP contribution in [0.3, 0.4) is 0 Å². The molecule has 14 heavy (non-hydrogen) atoms. The van der Waals surface area contributed by atoms with Crippen LogP contribution in [0.2, 0.25) is 0 Å². The minimum absolute atomic E-state index is 0.317. The molecule has 1 aliphatic carbocycles. The fourth-order valence-corrected chi connectivity index (χ4v) is 2.53. The number of hydrogen-bond donors (Lipinski definition) is 2. The molecule has 1 heterocycles. The van der Waals surface area contributed by atoms with E-state index >= 15 is 0 Å². The van der Waals surface area contributed by atoms with E-state index in [9.17, 15) is 4.79 Å². The number of carboxylic acid groups (broad SMARTS) is 1. The van der Waals surface area contributed by atoms with Gasteiger partial charge in [-0.15, -0.1) is 0 Å². The van der Waals surface area contributed by atoms with E-state index in [1.54, 1.807) is 0 Å². The maximum Gasteiger partial charge on any atom is 0.331 e. The van der Waals surface area contributed by atoms with E-state index in [0.29, 0.717) is 24.0 Å². The van der Waals surface area contributed by atoms with Crippen molar-refractivity contribution < 1.29 is 9.90 Å². The predicted molar refractivity (Wildman–Crippen MR) is 54.1 cm³/mol. The van der Waals surface area contributed by atoms with Crippen molar-refractivity contribution in [1.82, 2.24) is 5.32 Å². The first-order chi connectivity index (χ1) is 6.77. The molecule has 2 aliphatic rings. The Hall–Kier alpha value is -0.830. The van der Waals surface area contributed by atoms with E-state index < -0.39 is 5.97 Å². The van der Waals surface area contributed by atoms with Crippen LogP contribution in [0.4, 0.5) is 0 Å². The van der Waals surface area contributed by atoms with Crippen molar-refractivity contribution in [2.75, 3.05) is 6.54 Å². The van der Waals surface area contributed by atoms with E-state index in [2.05, 4.69) is 5.32 Å². The zero-order valence-electron chi connectivity index (χ0n) is 8.33. The maximum absolute atomic E-state index is 10.8. The van der Waals surface area contributed by atoms with Crippen molar-refractivity contribution in [2.24, 2.45) is 5.92 Å². The number of nitrogens with one attached hydrogen (secondary N) is 1. The predicted octanol–water partition coefficient (Wildman–Crippen LogP) is 1.55. The van der Waals surface area contributed by atoms with Gasteiger partial charge in [0.25, 0.3) is 0 Å². The zero-order valence-corrected chi connectivity index (χ0v) is 8.33. The second-order valence-corrected chi connectivity index (χ2v) is 4.27. The molecule has 0 aromatic rings. The van der Waals surface area contributed by atoms with Gasteiger partial charge < -0.3 is 10.4 Å². The van der Waals surface area contributed by atoms with Crippen molar-refractivity contribution in [3.63, 3.8) is 0 Å². The van der Waals surface area contributed by atoms with Gasteiger partial charge in [-0.1, -0.05) is 18.9 Å². The third-order valence-corrected chi connectivity index (χ3v) is 3.34. The normalized spacial score (nSPS) is 28.9. The second kappa shape index (κ2) is 4.13. The monoisotopic (exact) mass is 195 g/mol. The highest BCUT2D eigenvalue weighted by Gasteiger charge is 2.26. The molecule has 0 spiro atoms. The summed E-state index contributed by atoms with van der Waals surface area (Å²) in [5.74, 6) is -0.0702. The van der Waals surface area contributed by atoms with E-state index in [1.165, 1.54) is 25.7 Å². The molecule has 0 amide bonds. The van der Waals surface area contributed by atoms with Gasteiger partial charge in [0.15, 0.2) is 0 Å². The lowest BCUT2D eigenvalue weighted by Crippen LogP contribution is -2.38. The maximum atomic E-state index is 10.8. The molecule has 0 bridgehead atoms. The van der Waals surface area contributed by atoms with Crippen LogP contribution in [-0.2, 0) is 4.79 Å². The molecule has 2 rings (SSSR count). The molecule has 0 aromatic heterocycles. The fraction of sp³-hybridized carbons (Fsp3) is 0.727. The molecular weight excluding hydrogens is 178 g/mol. The van der Waals surface area contributed by atoms with Gasteiger partial charge in [0.05, 0.1) is 0 Å². The van der Waals surface area contributed by atoms with Crippen LogP contribution in [0, 0.1) is 5.92 Å². The summed E-state index contributed by atoms with van der Waals surface area (Å²) in [6.07, 6.45) is 7.71. The number of hydrogen-bond acceptors (Lipinski definition) is 2. The molecule has 1 aliphatic heterocycles. The Balaban J connectivity index is 2.04. The third kappa shape index (κ3) is 1.98. The van der Waals surface area contributed by atoms with Gasteiger partial charge in [0.2, 0.25) is 0 Å². The highest BCUT2D eigenvalue weighted by atomic mass is 16.4. The van der Waals surface area contributed by atoms with E-state index in [4.69, 9.17) is 5.11 Å². The Morgan fingerprint density at radius 1 is 1.43 bits per heavy atom. The average molecular weight is 195 g/mol. The molecular formula is C11H17NO2. The number of carbonyl (C=O) groups is 1. The Bertz CT molecular complexity index is 254. The number of rotatable bonds is 2. The van der Waals surface area contributed by atoms with Crippen molar-refractivity contribution >= 4 is 5.97 Å². The highest BCUT2D eigenvalue weighted by Crippen LogP contribution is 2.30. The summed E-state index contributed by atoms with van der Waals surface area (Å²) in [4.78, 5) is 10.8. The standard InChI is InChI=1S/C11H17NO2/c13-11(14)9-5-6-12-10(7-9)8-3-1-2-4-8/h7-8,10,12H,1-6H2,(H,13,14). The van der Waals surface area contributed by atoms with Gasteiger partial charge in [0.1, 0.15) is 0 Å². The molecule has 1 saturated carbocycles. The van der Waals surface area contributed by atoms with Gasteiger partial charge in [0, 0.05) is 11.6 Å².